The van der Waals surface area contributed by atoms with Gasteiger partial charge in [0.2, 0.25) is 0 Å². The zero-order chi connectivity index (χ0) is 36.3. The third-order valence-electron chi connectivity index (χ3n) is 10.4. The van der Waals surface area contributed by atoms with Gasteiger partial charge in [-0.1, -0.05) is 149 Å². The summed E-state index contributed by atoms with van der Waals surface area (Å²) >= 11 is 0. The molecule has 0 aliphatic heterocycles. The van der Waals surface area contributed by atoms with Crippen LogP contribution in [0.25, 0.3) is 11.6 Å². The average Bonchev–Trinajstić information content (AvgIpc) is 3.16. The molecule has 0 spiro atoms. The Kier molecular flexibility index (Phi) is 17.1. The summed E-state index contributed by atoms with van der Waals surface area (Å²) in [5, 5.41) is 4.08. The molecule has 0 radical (unpaired) electrons. The minimum Gasteiger partial charge on any atom is -0.405 e. The van der Waals surface area contributed by atoms with E-state index in [1.807, 2.05) is 6.08 Å². The van der Waals surface area contributed by atoms with E-state index in [2.05, 4.69) is 143 Å². The Labute approximate surface area is 311 Å². The van der Waals surface area contributed by atoms with Crippen molar-refractivity contribution < 1.29 is 0 Å². The smallest absolute Gasteiger partial charge is 0.0369 e. The lowest BCUT2D eigenvalue weighted by atomic mass is 9.75. The van der Waals surface area contributed by atoms with Gasteiger partial charge in [0, 0.05) is 12.1 Å². The maximum Gasteiger partial charge on any atom is 0.0369 e. The predicted octanol–water partition coefficient (Wildman–Crippen LogP) is 13.3. The highest BCUT2D eigenvalue weighted by atomic mass is 14.9. The lowest BCUT2D eigenvalue weighted by Gasteiger charge is -2.34. The number of hydrogen-bond donors (Lipinski definition) is 2. The molecule has 2 nitrogen and oxygen atoms in total. The van der Waals surface area contributed by atoms with Crippen molar-refractivity contribution in [3.05, 3.63) is 166 Å². The van der Waals surface area contributed by atoms with Crippen LogP contribution < -0.4 is 11.1 Å². The molecule has 2 unspecified atom stereocenters. The van der Waals surface area contributed by atoms with E-state index in [4.69, 9.17) is 5.73 Å². The molecule has 4 rings (SSSR count). The van der Waals surface area contributed by atoms with Gasteiger partial charge in [0.1, 0.15) is 0 Å². The molecule has 2 heteroatoms. The van der Waals surface area contributed by atoms with E-state index >= 15 is 0 Å². The van der Waals surface area contributed by atoms with Crippen molar-refractivity contribution in [3.63, 3.8) is 0 Å². The van der Waals surface area contributed by atoms with Gasteiger partial charge in [0.25, 0.3) is 0 Å². The summed E-state index contributed by atoms with van der Waals surface area (Å²) in [6.07, 6.45) is 47.7. The van der Waals surface area contributed by atoms with Crippen molar-refractivity contribution in [2.45, 2.75) is 123 Å². The first-order valence-electron chi connectivity index (χ1n) is 19.8. The SMILES string of the molecule is C=C/C=C\C(CC)NC1CC(c2cccc(/C=C/C=C\CCCC)c2)=CC=C1C1=C(/C=C\CC)C(C)=C(C2=CC=C(CCC/C=C\N)CC2)CC1. The zero-order valence-electron chi connectivity index (χ0n) is 32.1. The molecule has 0 saturated heterocycles. The van der Waals surface area contributed by atoms with Gasteiger partial charge >= 0.3 is 0 Å². The molecule has 3 aliphatic carbocycles. The number of benzene rings is 1. The van der Waals surface area contributed by atoms with E-state index in [-0.39, 0.29) is 12.1 Å². The maximum absolute atomic E-state index is 5.54. The Morgan fingerprint density at radius 2 is 1.69 bits per heavy atom. The molecule has 0 fully saturated rings. The molecule has 3 aliphatic rings. The third-order valence-corrected chi connectivity index (χ3v) is 10.4. The van der Waals surface area contributed by atoms with Gasteiger partial charge in [-0.05, 0) is 140 Å². The highest BCUT2D eigenvalue weighted by Gasteiger charge is 2.29. The van der Waals surface area contributed by atoms with Crippen LogP contribution in [0.15, 0.2) is 155 Å². The van der Waals surface area contributed by atoms with Gasteiger partial charge in [-0.2, -0.15) is 0 Å². The fourth-order valence-corrected chi connectivity index (χ4v) is 7.47. The van der Waals surface area contributed by atoms with Crippen LogP contribution in [-0.4, -0.2) is 12.1 Å². The molecular weight excluding hydrogens is 617 g/mol. The van der Waals surface area contributed by atoms with Gasteiger partial charge in [0.15, 0.2) is 0 Å². The van der Waals surface area contributed by atoms with Gasteiger partial charge in [-0.3, -0.25) is 0 Å². The summed E-state index contributed by atoms with van der Waals surface area (Å²) in [6.45, 7) is 13.1. The molecule has 0 amide bonds. The van der Waals surface area contributed by atoms with E-state index in [9.17, 15) is 0 Å². The van der Waals surface area contributed by atoms with Crippen LogP contribution >= 0.6 is 0 Å². The standard InChI is InChI=1S/C49H64N2/c1-6-10-13-14-15-17-22-40-23-20-24-42(36-40)43-31-32-48(49(37-43)51-44(9-4)25-11-7-2)47-34-33-45(38(5)46(47)26-12-8-3)41-29-27-39(28-30-41)21-18-16-19-35-50/h7,11-12,14-15,17,19-20,22-27,29,31-32,35-36,44,49,51H,2,6,8-10,13,16,18,21,28,30,33-34,37,50H2,1,3-5H3/b15-14-,22-17+,25-11-,26-12-,35-19-. The van der Waals surface area contributed by atoms with Gasteiger partial charge in [-0.25, -0.2) is 0 Å². The Bertz CT molecular complexity index is 1650. The second-order valence-corrected chi connectivity index (χ2v) is 14.1. The van der Waals surface area contributed by atoms with E-state index in [0.717, 1.165) is 57.8 Å². The van der Waals surface area contributed by atoms with Gasteiger partial charge < -0.3 is 11.1 Å². The third kappa shape index (κ3) is 12.0. The molecule has 270 valence electrons. The van der Waals surface area contributed by atoms with Crippen molar-refractivity contribution >= 4 is 11.6 Å². The molecule has 51 heavy (non-hydrogen) atoms. The van der Waals surface area contributed by atoms with Crippen LogP contribution in [0.4, 0.5) is 0 Å². The summed E-state index contributed by atoms with van der Waals surface area (Å²) in [5.74, 6) is 0. The van der Waals surface area contributed by atoms with Crippen molar-refractivity contribution in [2.24, 2.45) is 5.73 Å². The molecule has 1 aromatic rings. The number of nitrogens with two attached hydrogens (primary N) is 1. The number of nitrogens with one attached hydrogen (secondary N) is 1. The monoisotopic (exact) mass is 681 g/mol. The summed E-state index contributed by atoms with van der Waals surface area (Å²) < 4.78 is 0. The van der Waals surface area contributed by atoms with E-state index < -0.39 is 0 Å². The Balaban J connectivity index is 1.70. The molecule has 0 aromatic heterocycles. The lowest BCUT2D eigenvalue weighted by molar-refractivity contribution is 0.506. The summed E-state index contributed by atoms with van der Waals surface area (Å²) in [4.78, 5) is 0. The molecule has 1 aromatic carbocycles. The lowest BCUT2D eigenvalue weighted by Crippen LogP contribution is -2.40. The molecule has 0 saturated carbocycles. The van der Waals surface area contributed by atoms with Crippen molar-refractivity contribution in [3.8, 4) is 0 Å². The zero-order valence-corrected chi connectivity index (χ0v) is 32.1. The van der Waals surface area contributed by atoms with Crippen molar-refractivity contribution in [1.29, 1.82) is 0 Å². The Hall–Kier alpha value is -4.14. The minimum atomic E-state index is 0.216. The highest BCUT2D eigenvalue weighted by Crippen LogP contribution is 2.43. The van der Waals surface area contributed by atoms with Gasteiger partial charge in [-0.15, -0.1) is 0 Å². The highest BCUT2D eigenvalue weighted by molar-refractivity contribution is 5.74. The maximum atomic E-state index is 5.54. The second kappa shape index (κ2) is 21.9. The minimum absolute atomic E-state index is 0.216. The predicted molar refractivity (Wildman–Crippen MR) is 226 cm³/mol. The first kappa shape index (κ1) is 39.6. The first-order chi connectivity index (χ1) is 25.0. The number of rotatable bonds is 19. The summed E-state index contributed by atoms with van der Waals surface area (Å²) in [5.41, 5.74) is 19.9. The summed E-state index contributed by atoms with van der Waals surface area (Å²) in [7, 11) is 0. The first-order valence-corrected chi connectivity index (χ1v) is 19.8. The van der Waals surface area contributed by atoms with Crippen molar-refractivity contribution in [1.82, 2.24) is 5.32 Å². The quantitative estimate of drug-likeness (QED) is 0.113. The number of allylic oxidation sites excluding steroid dienone is 17. The number of hydrogen-bond acceptors (Lipinski definition) is 2. The fraction of sp³-hybridized carbons (Fsp3) is 0.388. The molecule has 3 N–H and O–H groups in total. The van der Waals surface area contributed by atoms with Crippen LogP contribution in [0.2, 0.25) is 0 Å². The summed E-state index contributed by atoms with van der Waals surface area (Å²) in [6, 6.07) is 9.51. The van der Waals surface area contributed by atoms with Crippen LogP contribution in [-0.2, 0) is 0 Å². The molecule has 0 heterocycles. The second-order valence-electron chi connectivity index (χ2n) is 14.1. The average molecular weight is 681 g/mol. The largest absolute Gasteiger partial charge is 0.405 e. The Morgan fingerprint density at radius 3 is 2.43 bits per heavy atom. The van der Waals surface area contributed by atoms with Crippen LogP contribution in [0.3, 0.4) is 0 Å². The van der Waals surface area contributed by atoms with Crippen LogP contribution in [0, 0.1) is 0 Å². The number of unbranched alkanes of at least 4 members (excludes halogenated alkanes) is 3. The fourth-order valence-electron chi connectivity index (χ4n) is 7.47. The van der Waals surface area contributed by atoms with E-state index in [0.29, 0.717) is 0 Å². The molecular formula is C49H64N2. The van der Waals surface area contributed by atoms with Crippen LogP contribution in [0.5, 0.6) is 0 Å². The normalized spacial score (nSPS) is 19.5. The van der Waals surface area contributed by atoms with E-state index in [1.165, 1.54) is 70.2 Å². The topological polar surface area (TPSA) is 38.0 Å². The van der Waals surface area contributed by atoms with Crippen LogP contribution in [0.1, 0.15) is 122 Å². The molecule has 2 atom stereocenters. The van der Waals surface area contributed by atoms with Crippen molar-refractivity contribution in [2.75, 3.05) is 0 Å². The molecule has 0 bridgehead atoms. The van der Waals surface area contributed by atoms with E-state index in [1.54, 1.807) is 17.3 Å². The van der Waals surface area contributed by atoms with Gasteiger partial charge in [0.05, 0.1) is 0 Å². The Morgan fingerprint density at radius 1 is 0.863 bits per heavy atom.